The second-order valence-corrected chi connectivity index (χ2v) is 15.7. The number of aromatic nitrogens is 7. The number of fused-ring (bicyclic) bond motifs is 7. The second kappa shape index (κ2) is 14.8. The van der Waals surface area contributed by atoms with Crippen LogP contribution >= 0.6 is 0 Å². The molecule has 1 aliphatic rings. The summed E-state index contributed by atoms with van der Waals surface area (Å²) in [4.78, 5) is 24.3. The number of hydrogen-bond acceptors (Lipinski definition) is 5. The van der Waals surface area contributed by atoms with Gasteiger partial charge < -0.3 is 9.13 Å². The number of nitrogens with zero attached hydrogens (tertiary/aromatic N) is 7. The van der Waals surface area contributed by atoms with Crippen LogP contribution in [0.1, 0.15) is 29.3 Å². The molecule has 62 heavy (non-hydrogen) atoms. The summed E-state index contributed by atoms with van der Waals surface area (Å²) < 4.78 is 4.99. The third-order valence-corrected chi connectivity index (χ3v) is 12.1. The molecule has 0 fully saturated rings. The zero-order valence-electron chi connectivity index (χ0n) is 33.5. The first kappa shape index (κ1) is 35.6. The summed E-state index contributed by atoms with van der Waals surface area (Å²) in [7, 11) is 0. The van der Waals surface area contributed by atoms with Crippen LogP contribution in [0.15, 0.2) is 207 Å². The van der Waals surface area contributed by atoms with E-state index in [1.807, 2.05) is 24.3 Å². The Morgan fingerprint density at radius 2 is 1.00 bits per heavy atom. The van der Waals surface area contributed by atoms with E-state index in [1.165, 1.54) is 43.8 Å². The average Bonchev–Trinajstić information content (AvgIpc) is 3.87. The monoisotopic (exact) mass is 795 g/mol. The summed E-state index contributed by atoms with van der Waals surface area (Å²) in [5.41, 5.74) is 13.1. The lowest BCUT2D eigenvalue weighted by Crippen LogP contribution is -2.16. The molecule has 12 rings (SSSR count). The number of benzene rings is 6. The highest BCUT2D eigenvalue weighted by Crippen LogP contribution is 2.50. The quantitative estimate of drug-likeness (QED) is 0.161. The van der Waals surface area contributed by atoms with Gasteiger partial charge in [-0.1, -0.05) is 121 Å². The lowest BCUT2D eigenvalue weighted by atomic mass is 9.80. The van der Waals surface area contributed by atoms with Crippen LogP contribution in [0.5, 0.6) is 0 Å². The molecule has 292 valence electrons. The van der Waals surface area contributed by atoms with Gasteiger partial charge in [0.05, 0.1) is 22.1 Å². The summed E-state index contributed by atoms with van der Waals surface area (Å²) in [6.07, 6.45) is 10.1. The van der Waals surface area contributed by atoms with Crippen molar-refractivity contribution in [3.63, 3.8) is 0 Å². The topological polar surface area (TPSA) is 74.3 Å². The maximum atomic E-state index is 5.22. The lowest BCUT2D eigenvalue weighted by Gasteiger charge is -2.31. The third kappa shape index (κ3) is 5.85. The predicted molar refractivity (Wildman–Crippen MR) is 251 cm³/mol. The van der Waals surface area contributed by atoms with Gasteiger partial charge in [0.2, 0.25) is 0 Å². The van der Waals surface area contributed by atoms with E-state index in [0.29, 0.717) is 23.9 Å². The van der Waals surface area contributed by atoms with Gasteiger partial charge in [0.1, 0.15) is 0 Å². The molecule has 0 saturated carbocycles. The van der Waals surface area contributed by atoms with E-state index >= 15 is 0 Å². The normalized spacial score (nSPS) is 14.3. The highest BCUT2D eigenvalue weighted by Gasteiger charge is 2.33. The van der Waals surface area contributed by atoms with Gasteiger partial charge in [0.25, 0.3) is 0 Å². The van der Waals surface area contributed by atoms with Crippen LogP contribution in [0, 0.1) is 0 Å². The first-order valence-corrected chi connectivity index (χ1v) is 20.9. The van der Waals surface area contributed by atoms with E-state index in [4.69, 9.17) is 15.0 Å². The Balaban J connectivity index is 1.22. The standard InChI is InChI=1S/C55H37N7/c1-4-16-36(17-5-1)45-32-40(55-59-53(38-20-14-30-56-34-38)58-54(60-55)39-21-15-31-57-35-39)33-46(37-18-6-2-7-19-37)51(45)62-47-26-12-10-24-42(47)43-28-29-49-50(52(43)62)44-25-11-13-27-48(44)61(49)41-22-8-3-9-23-41/h1-32,34-35,46H,33H2. The molecule has 0 N–H and O–H groups in total. The first-order valence-electron chi connectivity index (χ1n) is 20.9. The van der Waals surface area contributed by atoms with E-state index in [2.05, 4.69) is 177 Å². The van der Waals surface area contributed by atoms with Crippen LogP contribution in [0.25, 0.3) is 88.9 Å². The van der Waals surface area contributed by atoms with Gasteiger partial charge in [0, 0.05) is 80.3 Å². The number of rotatable bonds is 7. The van der Waals surface area contributed by atoms with Crippen LogP contribution in [0.2, 0.25) is 0 Å². The maximum absolute atomic E-state index is 5.22. The molecule has 0 bridgehead atoms. The largest absolute Gasteiger partial charge is 0.311 e. The summed E-state index contributed by atoms with van der Waals surface area (Å²) in [5.74, 6) is 1.66. The summed E-state index contributed by atoms with van der Waals surface area (Å²) in [6, 6.07) is 62.5. The first-order chi connectivity index (χ1) is 30.8. The molecule has 0 radical (unpaired) electrons. The molecule has 11 aromatic rings. The minimum absolute atomic E-state index is 0.0939. The number of para-hydroxylation sites is 3. The number of allylic oxidation sites excluding steroid dienone is 4. The molecule has 0 aliphatic heterocycles. The molecule has 7 nitrogen and oxygen atoms in total. The summed E-state index contributed by atoms with van der Waals surface area (Å²) >= 11 is 0. The van der Waals surface area contributed by atoms with Crippen LogP contribution < -0.4 is 0 Å². The Labute approximate surface area is 357 Å². The lowest BCUT2D eigenvalue weighted by molar-refractivity contribution is 0.835. The van der Waals surface area contributed by atoms with Crippen molar-refractivity contribution < 1.29 is 0 Å². The molecule has 5 heterocycles. The molecule has 1 unspecified atom stereocenters. The molecule has 1 aliphatic carbocycles. The maximum Gasteiger partial charge on any atom is 0.165 e. The zero-order valence-corrected chi connectivity index (χ0v) is 33.5. The Morgan fingerprint density at radius 1 is 0.435 bits per heavy atom. The fourth-order valence-electron chi connectivity index (χ4n) is 9.44. The minimum atomic E-state index is -0.0939. The Bertz CT molecular complexity index is 3460. The predicted octanol–water partition coefficient (Wildman–Crippen LogP) is 12.8. The van der Waals surface area contributed by atoms with E-state index in [1.54, 1.807) is 24.8 Å². The van der Waals surface area contributed by atoms with Crippen molar-refractivity contribution in [3.05, 3.63) is 224 Å². The number of pyridine rings is 2. The zero-order chi connectivity index (χ0) is 41.0. The smallest absolute Gasteiger partial charge is 0.165 e. The molecular formula is C55H37N7. The summed E-state index contributed by atoms with van der Waals surface area (Å²) in [5, 5.41) is 4.86. The van der Waals surface area contributed by atoms with Crippen molar-refractivity contribution in [2.24, 2.45) is 0 Å². The van der Waals surface area contributed by atoms with E-state index in [0.717, 1.165) is 44.6 Å². The van der Waals surface area contributed by atoms with Crippen molar-refractivity contribution in [1.29, 1.82) is 0 Å². The van der Waals surface area contributed by atoms with Gasteiger partial charge in [0.15, 0.2) is 17.5 Å². The van der Waals surface area contributed by atoms with E-state index in [-0.39, 0.29) is 5.92 Å². The van der Waals surface area contributed by atoms with Gasteiger partial charge in [-0.15, -0.1) is 0 Å². The average molecular weight is 796 g/mol. The molecule has 1 atom stereocenters. The molecule has 6 aromatic carbocycles. The van der Waals surface area contributed by atoms with Gasteiger partial charge in [-0.3, -0.25) is 9.97 Å². The molecule has 0 amide bonds. The van der Waals surface area contributed by atoms with Crippen LogP contribution in [-0.4, -0.2) is 34.1 Å². The molecular weight excluding hydrogens is 759 g/mol. The van der Waals surface area contributed by atoms with Gasteiger partial charge in [-0.2, -0.15) is 0 Å². The third-order valence-electron chi connectivity index (χ3n) is 12.1. The highest BCUT2D eigenvalue weighted by molar-refractivity contribution is 6.27. The van der Waals surface area contributed by atoms with Gasteiger partial charge in [-0.05, 0) is 83.8 Å². The van der Waals surface area contributed by atoms with Crippen molar-refractivity contribution in [3.8, 4) is 28.5 Å². The van der Waals surface area contributed by atoms with E-state index < -0.39 is 0 Å². The van der Waals surface area contributed by atoms with Crippen molar-refractivity contribution >= 4 is 60.5 Å². The number of hydrogen-bond donors (Lipinski definition) is 0. The van der Waals surface area contributed by atoms with Crippen molar-refractivity contribution in [2.75, 3.05) is 0 Å². The van der Waals surface area contributed by atoms with Crippen LogP contribution in [0.4, 0.5) is 0 Å². The molecule has 0 saturated heterocycles. The SMILES string of the molecule is C1=C(c2nc(-c3cccnc3)nc(-c3cccnc3)n2)CC(c2ccccc2)C(n2c3ccccc3c3ccc4c(c5ccccc5n4-c4ccccc4)c32)=C1c1ccccc1. The Morgan fingerprint density at radius 3 is 1.66 bits per heavy atom. The Kier molecular flexibility index (Phi) is 8.49. The Hall–Kier alpha value is -8.29. The highest BCUT2D eigenvalue weighted by atomic mass is 15.1. The fourth-order valence-corrected chi connectivity index (χ4v) is 9.44. The molecule has 0 spiro atoms. The fraction of sp³-hybridized carbons (Fsp3) is 0.0364. The minimum Gasteiger partial charge on any atom is -0.311 e. The molecule has 5 aromatic heterocycles. The van der Waals surface area contributed by atoms with Crippen molar-refractivity contribution in [1.82, 2.24) is 34.1 Å². The summed E-state index contributed by atoms with van der Waals surface area (Å²) in [6.45, 7) is 0. The van der Waals surface area contributed by atoms with Gasteiger partial charge >= 0.3 is 0 Å². The van der Waals surface area contributed by atoms with Gasteiger partial charge in [-0.25, -0.2) is 15.0 Å². The molecule has 7 heteroatoms. The van der Waals surface area contributed by atoms with Crippen LogP contribution in [-0.2, 0) is 0 Å². The van der Waals surface area contributed by atoms with E-state index in [9.17, 15) is 0 Å². The second-order valence-electron chi connectivity index (χ2n) is 15.7. The van der Waals surface area contributed by atoms with Crippen molar-refractivity contribution in [2.45, 2.75) is 12.3 Å². The van der Waals surface area contributed by atoms with Crippen LogP contribution in [0.3, 0.4) is 0 Å².